The van der Waals surface area contributed by atoms with Gasteiger partial charge in [-0.3, -0.25) is 14.5 Å². The smallest absolute Gasteiger partial charge is 0.261 e. The number of ether oxygens (including phenoxy) is 2. The van der Waals surface area contributed by atoms with Gasteiger partial charge in [-0.15, -0.1) is 0 Å². The Morgan fingerprint density at radius 1 is 0.963 bits per heavy atom. The number of oxazole rings is 1. The molecule has 0 fully saturated rings. The van der Waals surface area contributed by atoms with Gasteiger partial charge < -0.3 is 13.9 Å². The molecule has 0 saturated heterocycles. The third-order valence-corrected chi connectivity index (χ3v) is 4.38. The molecule has 7 heteroatoms. The van der Waals surface area contributed by atoms with Crippen molar-refractivity contribution in [3.63, 3.8) is 0 Å². The lowest BCUT2D eigenvalue weighted by Crippen LogP contribution is -2.29. The molecule has 0 unspecified atom stereocenters. The SMILES string of the molecule is COc1ccc(-c2nc(CN3C(=O)c4ccccc4C3=O)co2)cc1OC. The Kier molecular flexibility index (Phi) is 4.12. The predicted molar refractivity (Wildman–Crippen MR) is 95.7 cm³/mol. The van der Waals surface area contributed by atoms with E-state index in [4.69, 9.17) is 13.9 Å². The molecule has 0 bridgehead atoms. The van der Waals surface area contributed by atoms with Crippen molar-refractivity contribution in [2.45, 2.75) is 6.54 Å². The first-order valence-electron chi connectivity index (χ1n) is 8.24. The van der Waals surface area contributed by atoms with Crippen LogP contribution in [0.3, 0.4) is 0 Å². The van der Waals surface area contributed by atoms with Crippen LogP contribution >= 0.6 is 0 Å². The van der Waals surface area contributed by atoms with Crippen LogP contribution in [0.25, 0.3) is 11.5 Å². The summed E-state index contributed by atoms with van der Waals surface area (Å²) < 4.78 is 16.0. The molecule has 7 nitrogen and oxygen atoms in total. The highest BCUT2D eigenvalue weighted by Gasteiger charge is 2.35. The van der Waals surface area contributed by atoms with Crippen LogP contribution in [0, 0.1) is 0 Å². The van der Waals surface area contributed by atoms with Crippen molar-refractivity contribution in [1.82, 2.24) is 9.88 Å². The number of fused-ring (bicyclic) bond motifs is 1. The Balaban J connectivity index is 1.58. The average molecular weight is 364 g/mol. The van der Waals surface area contributed by atoms with Gasteiger partial charge >= 0.3 is 0 Å². The molecule has 1 aliphatic heterocycles. The molecule has 0 aliphatic carbocycles. The van der Waals surface area contributed by atoms with Gasteiger partial charge in [-0.05, 0) is 30.3 Å². The number of hydrogen-bond donors (Lipinski definition) is 0. The minimum Gasteiger partial charge on any atom is -0.493 e. The molecule has 4 rings (SSSR count). The Morgan fingerprint density at radius 3 is 2.26 bits per heavy atom. The lowest BCUT2D eigenvalue weighted by atomic mass is 10.1. The van der Waals surface area contributed by atoms with Crippen LogP contribution in [0.2, 0.25) is 0 Å². The Bertz CT molecular complexity index is 1010. The van der Waals surface area contributed by atoms with E-state index in [2.05, 4.69) is 4.98 Å². The predicted octanol–water partition coefficient (Wildman–Crippen LogP) is 3.16. The number of rotatable bonds is 5. The number of methoxy groups -OCH3 is 2. The average Bonchev–Trinajstić information content (AvgIpc) is 3.27. The van der Waals surface area contributed by atoms with E-state index < -0.39 is 0 Å². The molecular weight excluding hydrogens is 348 g/mol. The highest BCUT2D eigenvalue weighted by atomic mass is 16.5. The molecule has 2 heterocycles. The fraction of sp³-hybridized carbons (Fsp3) is 0.150. The first-order chi connectivity index (χ1) is 13.1. The minimum absolute atomic E-state index is 0.0448. The molecule has 3 aromatic rings. The van der Waals surface area contributed by atoms with E-state index in [-0.39, 0.29) is 18.4 Å². The van der Waals surface area contributed by atoms with Crippen molar-refractivity contribution >= 4 is 11.8 Å². The van der Waals surface area contributed by atoms with Crippen molar-refractivity contribution < 1.29 is 23.5 Å². The topological polar surface area (TPSA) is 81.9 Å². The second-order valence-electron chi connectivity index (χ2n) is 5.96. The summed E-state index contributed by atoms with van der Waals surface area (Å²) in [5, 5.41) is 0. The molecular formula is C20H16N2O5. The normalized spacial score (nSPS) is 13.0. The Labute approximate surface area is 155 Å². The number of aromatic nitrogens is 1. The third kappa shape index (κ3) is 2.83. The van der Waals surface area contributed by atoms with Crippen LogP contribution in [0.5, 0.6) is 11.5 Å². The van der Waals surface area contributed by atoms with E-state index in [0.717, 1.165) is 0 Å². The monoisotopic (exact) mass is 364 g/mol. The molecule has 1 aromatic heterocycles. The van der Waals surface area contributed by atoms with Gasteiger partial charge in [0.2, 0.25) is 5.89 Å². The minimum atomic E-state index is -0.328. The number of nitrogens with zero attached hydrogens (tertiary/aromatic N) is 2. The van der Waals surface area contributed by atoms with E-state index in [1.807, 2.05) is 0 Å². The first-order valence-corrected chi connectivity index (χ1v) is 8.24. The van der Waals surface area contributed by atoms with Crippen LogP contribution in [0.4, 0.5) is 0 Å². The lowest BCUT2D eigenvalue weighted by Gasteiger charge is -2.11. The Morgan fingerprint density at radius 2 is 1.63 bits per heavy atom. The number of carbonyl (C=O) groups is 2. The van der Waals surface area contributed by atoms with Crippen molar-refractivity contribution in [1.29, 1.82) is 0 Å². The molecule has 0 radical (unpaired) electrons. The lowest BCUT2D eigenvalue weighted by molar-refractivity contribution is 0.0640. The second-order valence-corrected chi connectivity index (χ2v) is 5.96. The van der Waals surface area contributed by atoms with E-state index in [9.17, 15) is 9.59 Å². The van der Waals surface area contributed by atoms with Gasteiger partial charge in [0.05, 0.1) is 37.6 Å². The number of carbonyl (C=O) groups excluding carboxylic acids is 2. The molecule has 0 saturated carbocycles. The van der Waals surface area contributed by atoms with Crippen LogP contribution in [-0.4, -0.2) is 35.9 Å². The summed E-state index contributed by atoms with van der Waals surface area (Å²) in [6.45, 7) is 0.0448. The van der Waals surface area contributed by atoms with Crippen LogP contribution in [-0.2, 0) is 6.54 Å². The quantitative estimate of drug-likeness (QED) is 0.647. The zero-order valence-corrected chi connectivity index (χ0v) is 14.8. The van der Waals surface area contributed by atoms with Gasteiger partial charge in [0.25, 0.3) is 11.8 Å². The highest BCUT2D eigenvalue weighted by molar-refractivity contribution is 6.21. The fourth-order valence-corrected chi connectivity index (χ4v) is 3.03. The second kappa shape index (κ2) is 6.60. The molecule has 136 valence electrons. The summed E-state index contributed by atoms with van der Waals surface area (Å²) in [6.07, 6.45) is 1.44. The zero-order valence-electron chi connectivity index (χ0n) is 14.8. The molecule has 2 aromatic carbocycles. The van der Waals surface area contributed by atoms with Crippen LogP contribution < -0.4 is 9.47 Å². The van der Waals surface area contributed by atoms with Gasteiger partial charge in [0.15, 0.2) is 11.5 Å². The summed E-state index contributed by atoms with van der Waals surface area (Å²) in [4.78, 5) is 30.5. The number of amides is 2. The summed E-state index contributed by atoms with van der Waals surface area (Å²) in [5.41, 5.74) is 1.99. The Hall–Kier alpha value is -3.61. The van der Waals surface area contributed by atoms with E-state index >= 15 is 0 Å². The number of hydrogen-bond acceptors (Lipinski definition) is 6. The maximum Gasteiger partial charge on any atom is 0.261 e. The third-order valence-electron chi connectivity index (χ3n) is 4.38. The van der Waals surface area contributed by atoms with E-state index in [1.165, 1.54) is 11.2 Å². The van der Waals surface area contributed by atoms with Gasteiger partial charge in [-0.2, -0.15) is 0 Å². The zero-order chi connectivity index (χ0) is 19.0. The molecule has 0 atom stereocenters. The van der Waals surface area contributed by atoms with Crippen molar-refractivity contribution in [3.05, 3.63) is 65.5 Å². The van der Waals surface area contributed by atoms with Crippen molar-refractivity contribution in [3.8, 4) is 23.0 Å². The van der Waals surface area contributed by atoms with Crippen molar-refractivity contribution in [2.75, 3.05) is 14.2 Å². The van der Waals surface area contributed by atoms with Crippen LogP contribution in [0.15, 0.2) is 53.1 Å². The van der Waals surface area contributed by atoms with Crippen molar-refractivity contribution in [2.24, 2.45) is 0 Å². The van der Waals surface area contributed by atoms with Gasteiger partial charge in [0, 0.05) is 5.56 Å². The van der Waals surface area contributed by atoms with Gasteiger partial charge in [-0.25, -0.2) is 4.98 Å². The molecule has 0 spiro atoms. The van der Waals surface area contributed by atoms with Gasteiger partial charge in [0.1, 0.15) is 6.26 Å². The molecule has 27 heavy (non-hydrogen) atoms. The first kappa shape index (κ1) is 16.8. The highest BCUT2D eigenvalue weighted by Crippen LogP contribution is 2.32. The summed E-state index contributed by atoms with van der Waals surface area (Å²) in [6, 6.07) is 12.1. The maximum atomic E-state index is 12.5. The van der Waals surface area contributed by atoms with E-state index in [0.29, 0.717) is 39.8 Å². The molecule has 2 amide bonds. The summed E-state index contributed by atoms with van der Waals surface area (Å²) in [7, 11) is 3.10. The maximum absolute atomic E-state index is 12.5. The molecule has 0 N–H and O–H groups in total. The largest absolute Gasteiger partial charge is 0.493 e. The number of imide groups is 1. The summed E-state index contributed by atoms with van der Waals surface area (Å²) in [5.74, 6) is 0.856. The van der Waals surface area contributed by atoms with E-state index in [1.54, 1.807) is 56.7 Å². The summed E-state index contributed by atoms with van der Waals surface area (Å²) >= 11 is 0. The van der Waals surface area contributed by atoms with Crippen LogP contribution in [0.1, 0.15) is 26.4 Å². The fourth-order valence-electron chi connectivity index (χ4n) is 3.03. The number of benzene rings is 2. The molecule has 1 aliphatic rings. The standard InChI is InChI=1S/C20H16N2O5/c1-25-16-8-7-12(9-17(16)26-2)18-21-13(11-27-18)10-22-19(23)14-5-3-4-6-15(14)20(22)24/h3-9,11H,10H2,1-2H3. The van der Waals surface area contributed by atoms with Gasteiger partial charge in [-0.1, -0.05) is 12.1 Å².